The van der Waals surface area contributed by atoms with Crippen molar-refractivity contribution in [1.82, 2.24) is 0 Å². The third-order valence-corrected chi connectivity index (χ3v) is 3.10. The molecular formula is C17H29NO. The number of benzene rings is 1. The molecule has 0 aromatic heterocycles. The predicted octanol–water partition coefficient (Wildman–Crippen LogP) is 5.25. The number of rotatable bonds is 10. The maximum atomic E-state index is 5.79. The van der Waals surface area contributed by atoms with Crippen LogP contribution in [0, 0.1) is 0 Å². The third kappa shape index (κ3) is 7.09. The fraction of sp³-hybridized carbons (Fsp3) is 0.647. The maximum Gasteiger partial charge on any atom is 0.142 e. The zero-order valence-electron chi connectivity index (χ0n) is 12.7. The number of anilines is 1. The summed E-state index contributed by atoms with van der Waals surface area (Å²) in [5.74, 6) is 0.962. The molecule has 0 bridgehead atoms. The molecule has 1 aromatic rings. The Kier molecular flexibility index (Phi) is 8.11. The quantitative estimate of drug-likeness (QED) is 0.582. The van der Waals surface area contributed by atoms with Crippen molar-refractivity contribution in [2.24, 2.45) is 0 Å². The number of hydrogen-bond donors (Lipinski definition) is 1. The Morgan fingerprint density at radius 1 is 1.00 bits per heavy atom. The molecule has 1 aromatic carbocycles. The zero-order chi connectivity index (χ0) is 13.9. The molecule has 0 heterocycles. The van der Waals surface area contributed by atoms with Crippen molar-refractivity contribution in [2.45, 2.75) is 65.4 Å². The van der Waals surface area contributed by atoms with Gasteiger partial charge in [0.25, 0.3) is 0 Å². The topological polar surface area (TPSA) is 21.3 Å². The van der Waals surface area contributed by atoms with Crippen LogP contribution in [0.25, 0.3) is 0 Å². The van der Waals surface area contributed by atoms with E-state index in [-0.39, 0.29) is 6.10 Å². The van der Waals surface area contributed by atoms with E-state index in [9.17, 15) is 0 Å². The van der Waals surface area contributed by atoms with E-state index in [0.29, 0.717) is 0 Å². The van der Waals surface area contributed by atoms with Gasteiger partial charge in [-0.3, -0.25) is 0 Å². The first-order valence-corrected chi connectivity index (χ1v) is 7.73. The van der Waals surface area contributed by atoms with Crippen LogP contribution in [-0.4, -0.2) is 12.6 Å². The fourth-order valence-electron chi connectivity index (χ4n) is 2.10. The van der Waals surface area contributed by atoms with Gasteiger partial charge in [0.05, 0.1) is 11.8 Å². The average molecular weight is 263 g/mol. The molecular weight excluding hydrogens is 234 g/mol. The summed E-state index contributed by atoms with van der Waals surface area (Å²) in [5, 5.41) is 3.48. The second-order valence-electron chi connectivity index (χ2n) is 5.36. The van der Waals surface area contributed by atoms with Crippen molar-refractivity contribution in [3.8, 4) is 5.75 Å². The summed E-state index contributed by atoms with van der Waals surface area (Å²) in [6, 6.07) is 8.20. The Morgan fingerprint density at radius 2 is 1.68 bits per heavy atom. The number of para-hydroxylation sites is 2. The lowest BCUT2D eigenvalue weighted by Crippen LogP contribution is -2.09. The van der Waals surface area contributed by atoms with Crippen LogP contribution in [0.2, 0.25) is 0 Å². The van der Waals surface area contributed by atoms with E-state index in [1.807, 2.05) is 12.1 Å². The molecule has 0 aliphatic rings. The number of nitrogens with one attached hydrogen (secondary N) is 1. The van der Waals surface area contributed by atoms with Crippen LogP contribution in [0.4, 0.5) is 5.69 Å². The molecule has 0 amide bonds. The van der Waals surface area contributed by atoms with Crippen LogP contribution < -0.4 is 10.1 Å². The van der Waals surface area contributed by atoms with Gasteiger partial charge in [-0.05, 0) is 32.4 Å². The summed E-state index contributed by atoms with van der Waals surface area (Å²) in [6.45, 7) is 7.41. The molecule has 0 fully saturated rings. The summed E-state index contributed by atoms with van der Waals surface area (Å²) in [5.41, 5.74) is 1.12. The van der Waals surface area contributed by atoms with Crippen LogP contribution in [0.3, 0.4) is 0 Å². The lowest BCUT2D eigenvalue weighted by molar-refractivity contribution is 0.243. The lowest BCUT2D eigenvalue weighted by Gasteiger charge is -2.15. The van der Waals surface area contributed by atoms with Crippen molar-refractivity contribution in [3.63, 3.8) is 0 Å². The lowest BCUT2D eigenvalue weighted by atomic mass is 10.1. The summed E-state index contributed by atoms with van der Waals surface area (Å²) < 4.78 is 5.79. The Balaban J connectivity index is 2.25. The number of ether oxygens (including phenoxy) is 1. The van der Waals surface area contributed by atoms with E-state index in [0.717, 1.165) is 18.0 Å². The molecule has 0 radical (unpaired) electrons. The highest BCUT2D eigenvalue weighted by molar-refractivity contribution is 5.56. The highest BCUT2D eigenvalue weighted by Crippen LogP contribution is 2.24. The minimum Gasteiger partial charge on any atom is -0.489 e. The predicted molar refractivity (Wildman–Crippen MR) is 84.1 cm³/mol. The van der Waals surface area contributed by atoms with E-state index in [1.54, 1.807) is 0 Å². The van der Waals surface area contributed by atoms with Crippen LogP contribution in [0.5, 0.6) is 5.75 Å². The van der Waals surface area contributed by atoms with E-state index in [2.05, 4.69) is 38.2 Å². The summed E-state index contributed by atoms with van der Waals surface area (Å²) in [6.07, 6.45) is 8.21. The van der Waals surface area contributed by atoms with Gasteiger partial charge in [-0.2, -0.15) is 0 Å². The number of unbranched alkanes of at least 4 members (excludes halogenated alkanes) is 5. The van der Waals surface area contributed by atoms with Gasteiger partial charge in [0.15, 0.2) is 0 Å². The molecule has 2 nitrogen and oxygen atoms in total. The van der Waals surface area contributed by atoms with E-state index >= 15 is 0 Å². The smallest absolute Gasteiger partial charge is 0.142 e. The molecule has 19 heavy (non-hydrogen) atoms. The Hall–Kier alpha value is -1.18. The second-order valence-corrected chi connectivity index (χ2v) is 5.36. The molecule has 1 rings (SSSR count). The second kappa shape index (κ2) is 9.71. The first kappa shape index (κ1) is 15.9. The van der Waals surface area contributed by atoms with E-state index in [1.165, 1.54) is 38.5 Å². The molecule has 0 atom stereocenters. The van der Waals surface area contributed by atoms with Gasteiger partial charge in [-0.15, -0.1) is 0 Å². The molecule has 0 saturated carbocycles. The van der Waals surface area contributed by atoms with Gasteiger partial charge in [-0.25, -0.2) is 0 Å². The Labute approximate surface area is 118 Å². The summed E-state index contributed by atoms with van der Waals surface area (Å²) >= 11 is 0. The molecule has 108 valence electrons. The molecule has 1 N–H and O–H groups in total. The SMILES string of the molecule is CCCCCCCCNc1ccccc1OC(C)C. The molecule has 0 spiro atoms. The Morgan fingerprint density at radius 3 is 2.42 bits per heavy atom. The van der Waals surface area contributed by atoms with E-state index < -0.39 is 0 Å². The van der Waals surface area contributed by atoms with Crippen LogP contribution in [-0.2, 0) is 0 Å². The van der Waals surface area contributed by atoms with Crippen LogP contribution >= 0.6 is 0 Å². The largest absolute Gasteiger partial charge is 0.489 e. The van der Waals surface area contributed by atoms with Crippen molar-refractivity contribution in [2.75, 3.05) is 11.9 Å². The minimum absolute atomic E-state index is 0.219. The van der Waals surface area contributed by atoms with Crippen molar-refractivity contribution >= 4 is 5.69 Å². The minimum atomic E-state index is 0.219. The van der Waals surface area contributed by atoms with Gasteiger partial charge in [0.2, 0.25) is 0 Å². The molecule has 2 heteroatoms. The highest BCUT2D eigenvalue weighted by Gasteiger charge is 2.03. The average Bonchev–Trinajstić information content (AvgIpc) is 2.39. The van der Waals surface area contributed by atoms with Gasteiger partial charge < -0.3 is 10.1 Å². The van der Waals surface area contributed by atoms with Gasteiger partial charge in [0, 0.05) is 6.54 Å². The monoisotopic (exact) mass is 263 g/mol. The standard InChI is InChI=1S/C17H29NO/c1-4-5-6-7-8-11-14-18-16-12-9-10-13-17(16)19-15(2)3/h9-10,12-13,15,18H,4-8,11,14H2,1-3H3. The molecule has 0 aliphatic heterocycles. The summed E-state index contributed by atoms with van der Waals surface area (Å²) in [7, 11) is 0. The molecule has 0 aliphatic carbocycles. The first-order valence-electron chi connectivity index (χ1n) is 7.73. The first-order chi connectivity index (χ1) is 9.24. The van der Waals surface area contributed by atoms with E-state index in [4.69, 9.17) is 4.74 Å². The molecule has 0 unspecified atom stereocenters. The number of hydrogen-bond acceptors (Lipinski definition) is 2. The van der Waals surface area contributed by atoms with Gasteiger partial charge in [0.1, 0.15) is 5.75 Å². The van der Waals surface area contributed by atoms with Crippen LogP contribution in [0.1, 0.15) is 59.3 Å². The third-order valence-electron chi connectivity index (χ3n) is 3.10. The van der Waals surface area contributed by atoms with Crippen molar-refractivity contribution in [1.29, 1.82) is 0 Å². The maximum absolute atomic E-state index is 5.79. The van der Waals surface area contributed by atoms with Gasteiger partial charge >= 0.3 is 0 Å². The summed E-state index contributed by atoms with van der Waals surface area (Å²) in [4.78, 5) is 0. The highest BCUT2D eigenvalue weighted by atomic mass is 16.5. The Bertz CT molecular complexity index is 336. The zero-order valence-corrected chi connectivity index (χ0v) is 12.7. The normalized spacial score (nSPS) is 10.7. The van der Waals surface area contributed by atoms with Crippen LogP contribution in [0.15, 0.2) is 24.3 Å². The molecule has 0 saturated heterocycles. The van der Waals surface area contributed by atoms with Gasteiger partial charge in [-0.1, -0.05) is 51.2 Å². The van der Waals surface area contributed by atoms with Crippen molar-refractivity contribution < 1.29 is 4.74 Å². The fourth-order valence-corrected chi connectivity index (χ4v) is 2.10. The van der Waals surface area contributed by atoms with Crippen molar-refractivity contribution in [3.05, 3.63) is 24.3 Å².